The molecule has 0 fully saturated rings. The SMILES string of the molecule is COC1=C(C(C2=C(OC)C(=O)c3ccccc3C2=O)c2ccccc2)C(=O)c2ccccc2C1=O. The van der Waals surface area contributed by atoms with Crippen LogP contribution in [0.15, 0.2) is 102 Å². The second-order valence-electron chi connectivity index (χ2n) is 8.15. The van der Waals surface area contributed by atoms with E-state index in [1.54, 1.807) is 78.9 Å². The molecule has 6 nitrogen and oxygen atoms in total. The number of benzene rings is 3. The molecule has 0 atom stereocenters. The standard InChI is InChI=1S/C29H20O6/c1-34-28-22(24(30)17-12-6-8-14-19(17)26(28)32)21(16-10-4-3-5-11-16)23-25(31)18-13-7-9-15-20(18)27(33)29(23)35-2/h3-15,21H,1-2H3. The van der Waals surface area contributed by atoms with Crippen LogP contribution in [0.3, 0.4) is 0 Å². The van der Waals surface area contributed by atoms with Crippen molar-refractivity contribution in [2.45, 2.75) is 5.92 Å². The van der Waals surface area contributed by atoms with Crippen LogP contribution in [0, 0.1) is 0 Å². The van der Waals surface area contributed by atoms with Crippen molar-refractivity contribution in [3.05, 3.63) is 129 Å². The summed E-state index contributed by atoms with van der Waals surface area (Å²) in [7, 11) is 2.62. The maximum atomic E-state index is 13.9. The van der Waals surface area contributed by atoms with Crippen LogP contribution in [-0.2, 0) is 9.47 Å². The summed E-state index contributed by atoms with van der Waals surface area (Å²) in [5.74, 6) is -3.23. The third-order valence-electron chi connectivity index (χ3n) is 6.34. The Morgan fingerprint density at radius 3 is 1.20 bits per heavy atom. The van der Waals surface area contributed by atoms with E-state index in [0.717, 1.165) is 0 Å². The molecule has 0 heterocycles. The van der Waals surface area contributed by atoms with Crippen molar-refractivity contribution in [3.63, 3.8) is 0 Å². The number of allylic oxidation sites excluding steroid dienone is 4. The quantitative estimate of drug-likeness (QED) is 0.543. The van der Waals surface area contributed by atoms with Crippen molar-refractivity contribution in [1.29, 1.82) is 0 Å². The van der Waals surface area contributed by atoms with Gasteiger partial charge in [0.05, 0.1) is 25.4 Å². The molecule has 0 aromatic heterocycles. The van der Waals surface area contributed by atoms with Gasteiger partial charge < -0.3 is 9.47 Å². The Kier molecular flexibility index (Phi) is 5.49. The molecule has 35 heavy (non-hydrogen) atoms. The van der Waals surface area contributed by atoms with Crippen LogP contribution in [0.2, 0.25) is 0 Å². The molecule has 0 amide bonds. The zero-order valence-electron chi connectivity index (χ0n) is 19.0. The van der Waals surface area contributed by atoms with Gasteiger partial charge in [0.15, 0.2) is 23.1 Å². The van der Waals surface area contributed by atoms with E-state index in [1.807, 2.05) is 0 Å². The van der Waals surface area contributed by atoms with E-state index >= 15 is 0 Å². The van der Waals surface area contributed by atoms with Crippen LogP contribution in [-0.4, -0.2) is 37.4 Å². The van der Waals surface area contributed by atoms with Crippen molar-refractivity contribution >= 4 is 23.1 Å². The number of hydrogen-bond acceptors (Lipinski definition) is 6. The topological polar surface area (TPSA) is 86.7 Å². The fourth-order valence-corrected chi connectivity index (χ4v) is 4.80. The van der Waals surface area contributed by atoms with Gasteiger partial charge in [-0.05, 0) is 5.56 Å². The molecule has 0 saturated carbocycles. The van der Waals surface area contributed by atoms with E-state index in [2.05, 4.69) is 0 Å². The molecular weight excluding hydrogens is 444 g/mol. The lowest BCUT2D eigenvalue weighted by molar-refractivity contribution is 0.0885. The number of ketones is 4. The second-order valence-corrected chi connectivity index (χ2v) is 8.15. The summed E-state index contributed by atoms with van der Waals surface area (Å²) in [6.07, 6.45) is 0. The average Bonchev–Trinajstić information content (AvgIpc) is 2.90. The van der Waals surface area contributed by atoms with Crippen molar-refractivity contribution in [2.75, 3.05) is 14.2 Å². The molecular formula is C29H20O6. The normalized spacial score (nSPS) is 15.4. The molecule has 3 aromatic carbocycles. The first-order valence-electron chi connectivity index (χ1n) is 11.0. The first-order valence-corrected chi connectivity index (χ1v) is 11.0. The summed E-state index contributed by atoms with van der Waals surface area (Å²) in [5, 5.41) is 0. The van der Waals surface area contributed by atoms with Crippen LogP contribution >= 0.6 is 0 Å². The summed E-state index contributed by atoms with van der Waals surface area (Å²) in [4.78, 5) is 54.5. The number of ether oxygens (including phenoxy) is 2. The van der Waals surface area contributed by atoms with Crippen LogP contribution in [0.5, 0.6) is 0 Å². The number of carbonyl (C=O) groups excluding carboxylic acids is 4. The summed E-state index contributed by atoms with van der Waals surface area (Å²) in [6.45, 7) is 0. The third kappa shape index (κ3) is 3.34. The lowest BCUT2D eigenvalue weighted by atomic mass is 9.72. The number of hydrogen-bond donors (Lipinski definition) is 0. The summed E-state index contributed by atoms with van der Waals surface area (Å²) >= 11 is 0. The van der Waals surface area contributed by atoms with Gasteiger partial charge in [0, 0.05) is 28.2 Å². The molecule has 0 bridgehead atoms. The van der Waals surface area contributed by atoms with E-state index in [0.29, 0.717) is 5.56 Å². The highest BCUT2D eigenvalue weighted by atomic mass is 16.5. The predicted molar refractivity (Wildman–Crippen MR) is 127 cm³/mol. The van der Waals surface area contributed by atoms with E-state index in [-0.39, 0.29) is 44.9 Å². The van der Waals surface area contributed by atoms with Gasteiger partial charge in [0.2, 0.25) is 11.6 Å². The van der Waals surface area contributed by atoms with Gasteiger partial charge in [-0.25, -0.2) is 0 Å². The molecule has 0 N–H and O–H groups in total. The highest BCUT2D eigenvalue weighted by Crippen LogP contribution is 2.44. The Bertz CT molecular complexity index is 1380. The number of methoxy groups -OCH3 is 2. The van der Waals surface area contributed by atoms with E-state index in [4.69, 9.17) is 9.47 Å². The van der Waals surface area contributed by atoms with Gasteiger partial charge in [-0.2, -0.15) is 0 Å². The molecule has 0 spiro atoms. The third-order valence-corrected chi connectivity index (χ3v) is 6.34. The number of fused-ring (bicyclic) bond motifs is 2. The monoisotopic (exact) mass is 464 g/mol. The highest BCUT2D eigenvalue weighted by Gasteiger charge is 2.45. The van der Waals surface area contributed by atoms with Gasteiger partial charge in [-0.1, -0.05) is 78.9 Å². The zero-order valence-corrected chi connectivity index (χ0v) is 19.0. The summed E-state index contributed by atoms with van der Waals surface area (Å²) in [6, 6.07) is 21.7. The molecule has 2 aliphatic carbocycles. The lowest BCUT2D eigenvalue weighted by Gasteiger charge is -2.30. The van der Waals surface area contributed by atoms with E-state index in [1.165, 1.54) is 14.2 Å². The van der Waals surface area contributed by atoms with Gasteiger partial charge >= 0.3 is 0 Å². The maximum absolute atomic E-state index is 13.9. The number of Topliss-reactive ketones (excluding diaryl/α,β-unsaturated/α-hetero) is 4. The minimum atomic E-state index is -1.07. The van der Waals surface area contributed by atoms with Gasteiger partial charge in [0.25, 0.3) is 0 Å². The minimum Gasteiger partial charge on any atom is -0.492 e. The summed E-state index contributed by atoms with van der Waals surface area (Å²) in [5.41, 5.74) is 1.40. The smallest absolute Gasteiger partial charge is 0.228 e. The second kappa shape index (κ2) is 8.65. The van der Waals surface area contributed by atoms with Crippen LogP contribution < -0.4 is 0 Å². The lowest BCUT2D eigenvalue weighted by Crippen LogP contribution is -2.32. The molecule has 0 unspecified atom stereocenters. The van der Waals surface area contributed by atoms with Gasteiger partial charge in [-0.15, -0.1) is 0 Å². The first kappa shape index (κ1) is 22.2. The highest BCUT2D eigenvalue weighted by molar-refractivity contribution is 6.30. The van der Waals surface area contributed by atoms with Crippen molar-refractivity contribution in [1.82, 2.24) is 0 Å². The Morgan fingerprint density at radius 2 is 0.829 bits per heavy atom. The molecule has 0 saturated heterocycles. The predicted octanol–water partition coefficient (Wildman–Crippen LogP) is 4.73. The largest absolute Gasteiger partial charge is 0.492 e. The maximum Gasteiger partial charge on any atom is 0.228 e. The molecule has 0 aliphatic heterocycles. The van der Waals surface area contributed by atoms with Crippen molar-refractivity contribution in [3.8, 4) is 0 Å². The first-order chi connectivity index (χ1) is 17.0. The fourth-order valence-electron chi connectivity index (χ4n) is 4.80. The van der Waals surface area contributed by atoms with Crippen LogP contribution in [0.1, 0.15) is 52.9 Å². The van der Waals surface area contributed by atoms with Crippen LogP contribution in [0.25, 0.3) is 0 Å². The number of rotatable bonds is 5. The zero-order chi connectivity index (χ0) is 24.7. The van der Waals surface area contributed by atoms with Gasteiger partial charge in [0.1, 0.15) is 0 Å². The molecule has 5 rings (SSSR count). The molecule has 3 aromatic rings. The summed E-state index contributed by atoms with van der Waals surface area (Å²) < 4.78 is 11.0. The fraction of sp³-hybridized carbons (Fsp3) is 0.103. The van der Waals surface area contributed by atoms with Gasteiger partial charge in [-0.3, -0.25) is 19.2 Å². The van der Waals surface area contributed by atoms with E-state index < -0.39 is 29.1 Å². The Balaban J connectivity index is 1.84. The number of carbonyl (C=O) groups is 4. The van der Waals surface area contributed by atoms with Crippen molar-refractivity contribution < 1.29 is 28.7 Å². The molecule has 2 aliphatic rings. The Labute approximate surface area is 201 Å². The molecule has 0 radical (unpaired) electrons. The molecule has 172 valence electrons. The Hall–Kier alpha value is -4.58. The molecule has 6 heteroatoms. The van der Waals surface area contributed by atoms with Crippen LogP contribution in [0.4, 0.5) is 0 Å². The van der Waals surface area contributed by atoms with E-state index in [9.17, 15) is 19.2 Å². The average molecular weight is 464 g/mol. The minimum absolute atomic E-state index is 0.00696. The van der Waals surface area contributed by atoms with Crippen molar-refractivity contribution in [2.24, 2.45) is 0 Å². The Morgan fingerprint density at radius 1 is 0.486 bits per heavy atom.